The first kappa shape index (κ1) is 26.5. The third-order valence-corrected chi connectivity index (χ3v) is 11.5. The third kappa shape index (κ3) is 5.58. The Labute approximate surface area is 194 Å². The Morgan fingerprint density at radius 3 is 2.25 bits per heavy atom. The van der Waals surface area contributed by atoms with Gasteiger partial charge in [0.1, 0.15) is 12.5 Å². The molecule has 7 nitrogen and oxygen atoms in total. The SMILES string of the molecule is COCNC(=O)C1CCCC1c1cc(OC)c(OC)c(CO[Si](C)(C)C(C)(C)C)c1OC. The lowest BCUT2D eigenvalue weighted by Gasteiger charge is -2.36. The largest absolute Gasteiger partial charge is 0.496 e. The standard InChI is InChI=1S/C24H41NO6Si/c1-24(2,3)32(8,9)31-14-19-21(29-6)18(13-20(28-5)22(19)30-7)16-11-10-12-17(16)23(26)25-15-27-4/h13,16-17H,10-12,14-15H2,1-9H3,(H,25,26). The van der Waals surface area contributed by atoms with Crippen LogP contribution in [0.3, 0.4) is 0 Å². The van der Waals surface area contributed by atoms with Gasteiger partial charge in [-0.15, -0.1) is 0 Å². The van der Waals surface area contributed by atoms with Crippen molar-refractivity contribution in [2.75, 3.05) is 35.2 Å². The van der Waals surface area contributed by atoms with Gasteiger partial charge in [-0.05, 0) is 43.0 Å². The summed E-state index contributed by atoms with van der Waals surface area (Å²) in [6, 6.07) is 1.96. The minimum Gasteiger partial charge on any atom is -0.496 e. The molecule has 32 heavy (non-hydrogen) atoms. The summed E-state index contributed by atoms with van der Waals surface area (Å²) in [6.45, 7) is 11.7. The predicted octanol–water partition coefficient (Wildman–Crippen LogP) is 4.84. The summed E-state index contributed by atoms with van der Waals surface area (Å²) in [6.07, 6.45) is 2.70. The second kappa shape index (κ2) is 10.9. The lowest BCUT2D eigenvalue weighted by molar-refractivity contribution is -0.126. The van der Waals surface area contributed by atoms with Crippen LogP contribution in [0.1, 0.15) is 57.1 Å². The van der Waals surface area contributed by atoms with Crippen molar-refractivity contribution in [1.29, 1.82) is 0 Å². The highest BCUT2D eigenvalue weighted by Gasteiger charge is 2.40. The zero-order chi connectivity index (χ0) is 24.1. The van der Waals surface area contributed by atoms with E-state index >= 15 is 0 Å². The van der Waals surface area contributed by atoms with Crippen LogP contribution in [-0.2, 0) is 20.6 Å². The summed E-state index contributed by atoms with van der Waals surface area (Å²) in [7, 11) is 4.48. The van der Waals surface area contributed by atoms with E-state index < -0.39 is 8.32 Å². The molecule has 0 radical (unpaired) electrons. The van der Waals surface area contributed by atoms with Gasteiger partial charge in [-0.3, -0.25) is 4.79 Å². The molecule has 1 fully saturated rings. The summed E-state index contributed by atoms with van der Waals surface area (Å²) in [5.41, 5.74) is 1.80. The van der Waals surface area contributed by atoms with Crippen LogP contribution in [0.2, 0.25) is 18.1 Å². The predicted molar refractivity (Wildman–Crippen MR) is 128 cm³/mol. The normalized spacial score (nSPS) is 19.0. The lowest BCUT2D eigenvalue weighted by Crippen LogP contribution is -2.40. The molecule has 1 saturated carbocycles. The number of rotatable bonds is 10. The number of benzene rings is 1. The quantitative estimate of drug-likeness (QED) is 0.392. The molecule has 1 aromatic carbocycles. The first-order chi connectivity index (χ1) is 15.0. The maximum atomic E-state index is 12.8. The highest BCUT2D eigenvalue weighted by atomic mass is 28.4. The van der Waals surface area contributed by atoms with Gasteiger partial charge in [0.25, 0.3) is 0 Å². The van der Waals surface area contributed by atoms with Crippen molar-refractivity contribution in [2.45, 2.75) is 70.7 Å². The molecule has 0 bridgehead atoms. The molecule has 1 aromatic rings. The van der Waals surface area contributed by atoms with Crippen molar-refractivity contribution in [3.05, 3.63) is 17.2 Å². The minimum absolute atomic E-state index is 0.00487. The van der Waals surface area contributed by atoms with Crippen LogP contribution in [0, 0.1) is 5.92 Å². The Morgan fingerprint density at radius 2 is 1.72 bits per heavy atom. The summed E-state index contributed by atoms with van der Waals surface area (Å²) >= 11 is 0. The van der Waals surface area contributed by atoms with E-state index in [1.807, 2.05) is 6.07 Å². The number of carbonyl (C=O) groups excluding carboxylic acids is 1. The molecule has 0 spiro atoms. The molecule has 8 heteroatoms. The summed E-state index contributed by atoms with van der Waals surface area (Å²) in [4.78, 5) is 12.8. The number of ether oxygens (including phenoxy) is 4. The van der Waals surface area contributed by atoms with Crippen LogP contribution in [0.15, 0.2) is 6.07 Å². The van der Waals surface area contributed by atoms with E-state index in [4.69, 9.17) is 23.4 Å². The molecule has 182 valence electrons. The van der Waals surface area contributed by atoms with Gasteiger partial charge in [0.05, 0.1) is 33.5 Å². The second-order valence-electron chi connectivity index (χ2n) is 9.88. The smallest absolute Gasteiger partial charge is 0.225 e. The molecule has 1 aliphatic rings. The van der Waals surface area contributed by atoms with Crippen molar-refractivity contribution in [3.63, 3.8) is 0 Å². The molecular weight excluding hydrogens is 426 g/mol. The summed E-state index contributed by atoms with van der Waals surface area (Å²) < 4.78 is 28.9. The van der Waals surface area contributed by atoms with Gasteiger partial charge in [-0.2, -0.15) is 0 Å². The van der Waals surface area contributed by atoms with Gasteiger partial charge in [-0.25, -0.2) is 0 Å². The molecule has 0 heterocycles. The highest BCUT2D eigenvalue weighted by Crippen LogP contribution is 2.50. The fourth-order valence-corrected chi connectivity index (χ4v) is 5.05. The molecule has 2 unspecified atom stereocenters. The van der Waals surface area contributed by atoms with E-state index in [0.717, 1.165) is 36.1 Å². The van der Waals surface area contributed by atoms with Crippen LogP contribution >= 0.6 is 0 Å². The first-order valence-corrected chi connectivity index (χ1v) is 14.2. The van der Waals surface area contributed by atoms with Gasteiger partial charge in [0.15, 0.2) is 19.8 Å². The van der Waals surface area contributed by atoms with Crippen molar-refractivity contribution < 1.29 is 28.2 Å². The van der Waals surface area contributed by atoms with Gasteiger partial charge >= 0.3 is 0 Å². The fraction of sp³-hybridized carbons (Fsp3) is 0.708. The molecule has 0 saturated heterocycles. The highest BCUT2D eigenvalue weighted by molar-refractivity contribution is 6.74. The van der Waals surface area contributed by atoms with Gasteiger partial charge in [-0.1, -0.05) is 27.2 Å². The number of methoxy groups -OCH3 is 4. The molecule has 1 N–H and O–H groups in total. The number of hydrogen-bond acceptors (Lipinski definition) is 6. The molecule has 0 aliphatic heterocycles. The van der Waals surface area contributed by atoms with E-state index in [1.165, 1.54) is 0 Å². The van der Waals surface area contributed by atoms with Gasteiger partial charge in [0.2, 0.25) is 5.91 Å². The van der Waals surface area contributed by atoms with Crippen molar-refractivity contribution >= 4 is 14.2 Å². The number of nitrogens with one attached hydrogen (secondary N) is 1. The average molecular weight is 468 g/mol. The van der Waals surface area contributed by atoms with Crippen LogP contribution in [-0.4, -0.2) is 49.4 Å². The van der Waals surface area contributed by atoms with E-state index in [2.05, 4.69) is 39.2 Å². The molecule has 2 atom stereocenters. The van der Waals surface area contributed by atoms with E-state index in [1.54, 1.807) is 28.4 Å². The monoisotopic (exact) mass is 467 g/mol. The summed E-state index contributed by atoms with van der Waals surface area (Å²) in [5, 5.41) is 2.94. The third-order valence-electron chi connectivity index (χ3n) is 6.98. The maximum Gasteiger partial charge on any atom is 0.225 e. The van der Waals surface area contributed by atoms with Crippen LogP contribution in [0.5, 0.6) is 17.2 Å². The van der Waals surface area contributed by atoms with Crippen molar-refractivity contribution in [2.24, 2.45) is 5.92 Å². The molecule has 1 amide bonds. The van der Waals surface area contributed by atoms with Crippen LogP contribution < -0.4 is 19.5 Å². The second-order valence-corrected chi connectivity index (χ2v) is 14.7. The average Bonchev–Trinajstić information content (AvgIpc) is 3.23. The number of carbonyl (C=O) groups is 1. The Kier molecular flexibility index (Phi) is 9.02. The molecule has 2 rings (SSSR count). The van der Waals surface area contributed by atoms with E-state index in [9.17, 15) is 4.79 Å². The van der Waals surface area contributed by atoms with Gasteiger partial charge < -0.3 is 28.7 Å². The Morgan fingerprint density at radius 1 is 1.06 bits per heavy atom. The van der Waals surface area contributed by atoms with Crippen molar-refractivity contribution in [1.82, 2.24) is 5.32 Å². The number of amides is 1. The summed E-state index contributed by atoms with van der Waals surface area (Å²) in [5.74, 6) is 1.84. The maximum absolute atomic E-state index is 12.8. The fourth-order valence-electron chi connectivity index (χ4n) is 4.11. The first-order valence-electron chi connectivity index (χ1n) is 11.2. The zero-order valence-corrected chi connectivity index (χ0v) is 22.2. The Hall–Kier alpha value is -1.77. The number of hydrogen-bond donors (Lipinski definition) is 1. The van der Waals surface area contributed by atoms with Crippen molar-refractivity contribution in [3.8, 4) is 17.2 Å². The van der Waals surface area contributed by atoms with Gasteiger partial charge in [0, 0.05) is 18.6 Å². The van der Waals surface area contributed by atoms with E-state index in [0.29, 0.717) is 18.1 Å². The topological polar surface area (TPSA) is 75.3 Å². The minimum atomic E-state index is -2.01. The zero-order valence-electron chi connectivity index (χ0n) is 21.2. The molecule has 0 aromatic heterocycles. The van der Waals surface area contributed by atoms with Crippen LogP contribution in [0.4, 0.5) is 0 Å². The van der Waals surface area contributed by atoms with Crippen LogP contribution in [0.25, 0.3) is 0 Å². The Balaban J connectivity index is 2.52. The molecular formula is C24H41NO6Si. The molecule has 1 aliphatic carbocycles. The lowest BCUT2D eigenvalue weighted by atomic mass is 9.86. The Bertz CT molecular complexity index is 790. The van der Waals surface area contributed by atoms with E-state index in [-0.39, 0.29) is 29.5 Å².